The van der Waals surface area contributed by atoms with Gasteiger partial charge in [-0.05, 0) is 26.2 Å². The molecule has 2 nitrogen and oxygen atoms in total. The molecule has 0 amide bonds. The standard InChI is InChI=1S/C23H46N2/c1-4-7-9-11-13-15-17-19-23-24(6-3)21-22-25(23)20-18-16-14-12-10-8-5-2/h21-23H,4-20H2,1-3H3. The van der Waals surface area contributed by atoms with Gasteiger partial charge in [0.25, 0.3) is 0 Å². The van der Waals surface area contributed by atoms with E-state index in [1.54, 1.807) is 0 Å². The van der Waals surface area contributed by atoms with Crippen molar-refractivity contribution in [1.82, 2.24) is 9.80 Å². The van der Waals surface area contributed by atoms with Gasteiger partial charge < -0.3 is 9.80 Å². The van der Waals surface area contributed by atoms with E-state index in [-0.39, 0.29) is 0 Å². The zero-order chi connectivity index (χ0) is 18.2. The van der Waals surface area contributed by atoms with E-state index in [2.05, 4.69) is 43.0 Å². The number of unbranched alkanes of at least 4 members (excludes halogenated alkanes) is 12. The van der Waals surface area contributed by atoms with Crippen molar-refractivity contribution >= 4 is 0 Å². The summed E-state index contributed by atoms with van der Waals surface area (Å²) in [7, 11) is 0. The van der Waals surface area contributed by atoms with E-state index in [0.29, 0.717) is 6.17 Å². The summed E-state index contributed by atoms with van der Waals surface area (Å²) in [6.45, 7) is 9.28. The molecule has 1 unspecified atom stereocenters. The minimum atomic E-state index is 0.640. The lowest BCUT2D eigenvalue weighted by atomic mass is 10.1. The average molecular weight is 351 g/mol. The molecule has 0 saturated heterocycles. The molecule has 0 bridgehead atoms. The van der Waals surface area contributed by atoms with Gasteiger partial charge in [-0.3, -0.25) is 0 Å². The summed E-state index contributed by atoms with van der Waals surface area (Å²) in [5.41, 5.74) is 0. The van der Waals surface area contributed by atoms with E-state index in [0.717, 1.165) is 6.54 Å². The van der Waals surface area contributed by atoms with Gasteiger partial charge in [0.15, 0.2) is 0 Å². The first-order valence-electron chi connectivity index (χ1n) is 11.5. The quantitative estimate of drug-likeness (QED) is 0.254. The highest BCUT2D eigenvalue weighted by molar-refractivity contribution is 4.96. The van der Waals surface area contributed by atoms with Crippen LogP contribution in [0.1, 0.15) is 117 Å². The summed E-state index contributed by atoms with van der Waals surface area (Å²) in [5, 5.41) is 0. The van der Waals surface area contributed by atoms with Crippen molar-refractivity contribution in [2.75, 3.05) is 13.1 Å². The minimum Gasteiger partial charge on any atom is -0.356 e. The Balaban J connectivity index is 2.13. The van der Waals surface area contributed by atoms with E-state index in [4.69, 9.17) is 0 Å². The van der Waals surface area contributed by atoms with Crippen molar-refractivity contribution < 1.29 is 0 Å². The van der Waals surface area contributed by atoms with E-state index in [9.17, 15) is 0 Å². The fraction of sp³-hybridized carbons (Fsp3) is 0.913. The fourth-order valence-corrected chi connectivity index (χ4v) is 3.97. The summed E-state index contributed by atoms with van der Waals surface area (Å²) < 4.78 is 0. The maximum atomic E-state index is 2.62. The Morgan fingerprint density at radius 2 is 1.04 bits per heavy atom. The van der Waals surface area contributed by atoms with Crippen molar-refractivity contribution in [3.63, 3.8) is 0 Å². The van der Waals surface area contributed by atoms with Crippen molar-refractivity contribution in [2.24, 2.45) is 0 Å². The highest BCUT2D eigenvalue weighted by Crippen LogP contribution is 2.22. The van der Waals surface area contributed by atoms with E-state index in [1.807, 2.05) is 0 Å². The monoisotopic (exact) mass is 350 g/mol. The number of hydrogen-bond donors (Lipinski definition) is 0. The minimum absolute atomic E-state index is 0.640. The first-order chi connectivity index (χ1) is 12.3. The largest absolute Gasteiger partial charge is 0.356 e. The van der Waals surface area contributed by atoms with Gasteiger partial charge in [-0.2, -0.15) is 0 Å². The molecule has 0 aromatic carbocycles. The van der Waals surface area contributed by atoms with Crippen LogP contribution >= 0.6 is 0 Å². The second kappa shape index (κ2) is 15.6. The summed E-state index contributed by atoms with van der Waals surface area (Å²) >= 11 is 0. The summed E-state index contributed by atoms with van der Waals surface area (Å²) in [4.78, 5) is 5.16. The van der Waals surface area contributed by atoms with Crippen LogP contribution in [-0.4, -0.2) is 29.1 Å². The molecule has 0 fully saturated rings. The summed E-state index contributed by atoms with van der Waals surface area (Å²) in [5.74, 6) is 0. The highest BCUT2D eigenvalue weighted by Gasteiger charge is 2.23. The third-order valence-corrected chi connectivity index (χ3v) is 5.67. The second-order valence-electron chi connectivity index (χ2n) is 7.88. The van der Waals surface area contributed by atoms with Crippen LogP contribution in [0.5, 0.6) is 0 Å². The lowest BCUT2D eigenvalue weighted by Gasteiger charge is -2.32. The Bertz CT molecular complexity index is 313. The first-order valence-corrected chi connectivity index (χ1v) is 11.5. The van der Waals surface area contributed by atoms with Gasteiger partial charge in [0, 0.05) is 25.5 Å². The van der Waals surface area contributed by atoms with Gasteiger partial charge in [-0.25, -0.2) is 0 Å². The van der Waals surface area contributed by atoms with Crippen LogP contribution < -0.4 is 0 Å². The highest BCUT2D eigenvalue weighted by atomic mass is 15.4. The molecular formula is C23H46N2. The lowest BCUT2D eigenvalue weighted by molar-refractivity contribution is 0.142. The predicted octanol–water partition coefficient (Wildman–Crippen LogP) is 7.31. The van der Waals surface area contributed by atoms with Crippen molar-refractivity contribution in [3.05, 3.63) is 12.4 Å². The first kappa shape index (κ1) is 22.4. The van der Waals surface area contributed by atoms with Crippen molar-refractivity contribution in [1.29, 1.82) is 0 Å². The number of nitrogens with zero attached hydrogens (tertiary/aromatic N) is 2. The zero-order valence-corrected chi connectivity index (χ0v) is 17.6. The number of hydrogen-bond acceptors (Lipinski definition) is 2. The molecule has 0 radical (unpaired) electrons. The lowest BCUT2D eigenvalue weighted by Crippen LogP contribution is -2.38. The molecule has 148 valence electrons. The van der Waals surface area contributed by atoms with E-state index < -0.39 is 0 Å². The van der Waals surface area contributed by atoms with Gasteiger partial charge in [0.2, 0.25) is 0 Å². The molecule has 0 aromatic heterocycles. The smallest absolute Gasteiger partial charge is 0.101 e. The summed E-state index contributed by atoms with van der Waals surface area (Å²) in [6.07, 6.45) is 26.4. The van der Waals surface area contributed by atoms with Gasteiger partial charge in [-0.1, -0.05) is 90.9 Å². The second-order valence-corrected chi connectivity index (χ2v) is 7.88. The Morgan fingerprint density at radius 1 is 0.560 bits per heavy atom. The number of rotatable bonds is 17. The molecule has 0 aromatic rings. The van der Waals surface area contributed by atoms with Gasteiger partial charge in [0.05, 0.1) is 0 Å². The Kier molecular flexibility index (Phi) is 14.0. The molecule has 0 N–H and O–H groups in total. The Labute approximate surface area is 159 Å². The third kappa shape index (κ3) is 10.2. The topological polar surface area (TPSA) is 6.48 Å². The van der Waals surface area contributed by atoms with E-state index >= 15 is 0 Å². The maximum absolute atomic E-state index is 2.62. The van der Waals surface area contributed by atoms with Crippen LogP contribution in [-0.2, 0) is 0 Å². The van der Waals surface area contributed by atoms with Crippen LogP contribution in [0.4, 0.5) is 0 Å². The maximum Gasteiger partial charge on any atom is 0.101 e. The fourth-order valence-electron chi connectivity index (χ4n) is 3.97. The molecule has 25 heavy (non-hydrogen) atoms. The van der Waals surface area contributed by atoms with Crippen LogP contribution in [0.25, 0.3) is 0 Å². The molecule has 0 spiro atoms. The average Bonchev–Trinajstić information content (AvgIpc) is 3.02. The van der Waals surface area contributed by atoms with Gasteiger partial charge >= 0.3 is 0 Å². The molecule has 1 heterocycles. The van der Waals surface area contributed by atoms with Crippen molar-refractivity contribution in [3.8, 4) is 0 Å². The molecule has 1 aliphatic heterocycles. The Morgan fingerprint density at radius 3 is 1.60 bits per heavy atom. The summed E-state index contributed by atoms with van der Waals surface area (Å²) in [6, 6.07) is 0. The van der Waals surface area contributed by atoms with Gasteiger partial charge in [-0.15, -0.1) is 0 Å². The van der Waals surface area contributed by atoms with Crippen LogP contribution in [0.2, 0.25) is 0 Å². The van der Waals surface area contributed by atoms with Crippen molar-refractivity contribution in [2.45, 2.75) is 123 Å². The van der Waals surface area contributed by atoms with Crippen LogP contribution in [0, 0.1) is 0 Å². The molecule has 1 rings (SSSR count). The zero-order valence-electron chi connectivity index (χ0n) is 17.6. The van der Waals surface area contributed by atoms with Crippen LogP contribution in [0.3, 0.4) is 0 Å². The predicted molar refractivity (Wildman–Crippen MR) is 113 cm³/mol. The molecule has 0 saturated carbocycles. The normalized spacial score (nSPS) is 17.0. The molecule has 2 heteroatoms. The van der Waals surface area contributed by atoms with Gasteiger partial charge in [0.1, 0.15) is 6.17 Å². The molecule has 0 aliphatic carbocycles. The third-order valence-electron chi connectivity index (χ3n) is 5.67. The SMILES string of the molecule is CCCCCCCCCC1N(CC)C=CN1CCCCCCCCC. The molecular weight excluding hydrogens is 304 g/mol. The molecule has 1 aliphatic rings. The van der Waals surface area contributed by atoms with Crippen LogP contribution in [0.15, 0.2) is 12.4 Å². The Hall–Kier alpha value is -0.660. The molecule has 1 atom stereocenters. The van der Waals surface area contributed by atoms with E-state index in [1.165, 1.54) is 103 Å².